The summed E-state index contributed by atoms with van der Waals surface area (Å²) in [6.45, 7) is 5.59. The SMILES string of the molecule is Cc1ncc(-c2ccc3cnc(NC(=O)CN4CCCC4C)cc3c2)n1C. The number of nitrogens with zero attached hydrogens (tertiary/aromatic N) is 4. The lowest BCUT2D eigenvalue weighted by molar-refractivity contribution is -0.117. The third-order valence-corrected chi connectivity index (χ3v) is 5.54. The van der Waals surface area contributed by atoms with Crippen LogP contribution in [0.2, 0.25) is 0 Å². The second-order valence-corrected chi connectivity index (χ2v) is 7.39. The average Bonchev–Trinajstić information content (AvgIpc) is 3.20. The molecule has 1 aromatic carbocycles. The van der Waals surface area contributed by atoms with Crippen LogP contribution >= 0.6 is 0 Å². The van der Waals surface area contributed by atoms with Gasteiger partial charge in [0.05, 0.1) is 18.4 Å². The quantitative estimate of drug-likeness (QED) is 0.772. The van der Waals surface area contributed by atoms with Crippen LogP contribution in [0.4, 0.5) is 5.82 Å². The number of benzene rings is 1. The first-order valence-corrected chi connectivity index (χ1v) is 9.43. The molecule has 6 heteroatoms. The summed E-state index contributed by atoms with van der Waals surface area (Å²) >= 11 is 0. The van der Waals surface area contributed by atoms with E-state index in [0.29, 0.717) is 18.4 Å². The van der Waals surface area contributed by atoms with Crippen LogP contribution in [0, 0.1) is 6.92 Å². The lowest BCUT2D eigenvalue weighted by atomic mass is 10.1. The molecule has 2 aromatic heterocycles. The van der Waals surface area contributed by atoms with Gasteiger partial charge in [0.2, 0.25) is 5.91 Å². The van der Waals surface area contributed by atoms with Gasteiger partial charge in [0, 0.05) is 30.2 Å². The number of hydrogen-bond donors (Lipinski definition) is 1. The second kappa shape index (κ2) is 7.12. The summed E-state index contributed by atoms with van der Waals surface area (Å²) in [6.07, 6.45) is 6.02. The van der Waals surface area contributed by atoms with Crippen LogP contribution in [-0.2, 0) is 11.8 Å². The molecule has 6 nitrogen and oxygen atoms in total. The lowest BCUT2D eigenvalue weighted by Crippen LogP contribution is -2.35. The van der Waals surface area contributed by atoms with Gasteiger partial charge in [-0.05, 0) is 50.8 Å². The standard InChI is InChI=1S/C21H25N5O/c1-14-5-4-8-26(14)13-21(27)24-20-10-18-9-16(6-7-17(18)11-23-20)19-12-22-15(2)25(19)3/h6-7,9-12,14H,4-5,8,13H2,1-3H3,(H,23,24,27). The van der Waals surface area contributed by atoms with E-state index in [9.17, 15) is 4.79 Å². The summed E-state index contributed by atoms with van der Waals surface area (Å²) in [4.78, 5) is 23.4. The number of carbonyl (C=O) groups is 1. The predicted molar refractivity (Wildman–Crippen MR) is 108 cm³/mol. The normalized spacial score (nSPS) is 17.5. The van der Waals surface area contributed by atoms with E-state index in [-0.39, 0.29) is 5.91 Å². The maximum Gasteiger partial charge on any atom is 0.239 e. The summed E-state index contributed by atoms with van der Waals surface area (Å²) in [7, 11) is 2.01. The van der Waals surface area contributed by atoms with Gasteiger partial charge in [0.25, 0.3) is 0 Å². The molecule has 1 saturated heterocycles. The number of fused-ring (bicyclic) bond motifs is 1. The molecule has 1 fully saturated rings. The van der Waals surface area contributed by atoms with E-state index < -0.39 is 0 Å². The van der Waals surface area contributed by atoms with Crippen molar-refractivity contribution in [3.05, 3.63) is 42.5 Å². The minimum atomic E-state index is -0.00554. The van der Waals surface area contributed by atoms with Gasteiger partial charge in [-0.1, -0.05) is 12.1 Å². The number of rotatable bonds is 4. The predicted octanol–water partition coefficient (Wildman–Crippen LogP) is 3.37. The van der Waals surface area contributed by atoms with Crippen molar-refractivity contribution in [2.45, 2.75) is 32.7 Å². The van der Waals surface area contributed by atoms with Crippen molar-refractivity contribution in [3.63, 3.8) is 0 Å². The Morgan fingerprint density at radius 2 is 2.07 bits per heavy atom. The number of imidazole rings is 1. The summed E-state index contributed by atoms with van der Waals surface area (Å²) in [5.74, 6) is 1.57. The van der Waals surface area contributed by atoms with Crippen LogP contribution < -0.4 is 5.32 Å². The molecule has 1 N–H and O–H groups in total. The molecule has 27 heavy (non-hydrogen) atoms. The maximum absolute atomic E-state index is 12.4. The molecule has 0 aliphatic carbocycles. The number of nitrogens with one attached hydrogen (secondary N) is 1. The van der Waals surface area contributed by atoms with Crippen molar-refractivity contribution in [1.82, 2.24) is 19.4 Å². The minimum absolute atomic E-state index is 0.00554. The van der Waals surface area contributed by atoms with Crippen molar-refractivity contribution in [1.29, 1.82) is 0 Å². The monoisotopic (exact) mass is 363 g/mol. The third kappa shape index (κ3) is 3.57. The fourth-order valence-corrected chi connectivity index (χ4v) is 3.73. The molecule has 1 atom stereocenters. The molecule has 0 saturated carbocycles. The van der Waals surface area contributed by atoms with Gasteiger partial charge in [-0.2, -0.15) is 0 Å². The van der Waals surface area contributed by atoms with E-state index in [0.717, 1.165) is 40.8 Å². The van der Waals surface area contributed by atoms with Gasteiger partial charge in [0.15, 0.2) is 0 Å². The molecule has 0 bridgehead atoms. The molecule has 4 rings (SSSR count). The summed E-state index contributed by atoms with van der Waals surface area (Å²) in [6, 6.07) is 8.66. The number of hydrogen-bond acceptors (Lipinski definition) is 4. The van der Waals surface area contributed by atoms with E-state index >= 15 is 0 Å². The number of aromatic nitrogens is 3. The largest absolute Gasteiger partial charge is 0.331 e. The molecule has 1 unspecified atom stereocenters. The highest BCUT2D eigenvalue weighted by molar-refractivity contribution is 5.94. The zero-order chi connectivity index (χ0) is 19.0. The van der Waals surface area contributed by atoms with Gasteiger partial charge in [-0.15, -0.1) is 0 Å². The number of likely N-dealkylation sites (tertiary alicyclic amines) is 1. The summed E-state index contributed by atoms with van der Waals surface area (Å²) in [5.41, 5.74) is 2.17. The highest BCUT2D eigenvalue weighted by Crippen LogP contribution is 2.26. The van der Waals surface area contributed by atoms with Gasteiger partial charge in [-0.3, -0.25) is 9.69 Å². The Balaban J connectivity index is 1.55. The van der Waals surface area contributed by atoms with E-state index in [2.05, 4.69) is 49.9 Å². The molecule has 3 aromatic rings. The van der Waals surface area contributed by atoms with E-state index in [1.807, 2.05) is 32.4 Å². The molecule has 1 aliphatic heterocycles. The van der Waals surface area contributed by atoms with E-state index in [1.165, 1.54) is 6.42 Å². The molecule has 140 valence electrons. The Morgan fingerprint density at radius 3 is 2.78 bits per heavy atom. The van der Waals surface area contributed by atoms with Gasteiger partial charge in [-0.25, -0.2) is 9.97 Å². The molecule has 0 spiro atoms. The van der Waals surface area contributed by atoms with Crippen molar-refractivity contribution in [3.8, 4) is 11.3 Å². The fourth-order valence-electron chi connectivity index (χ4n) is 3.73. The Kier molecular flexibility index (Phi) is 4.66. The highest BCUT2D eigenvalue weighted by Gasteiger charge is 2.22. The van der Waals surface area contributed by atoms with Crippen molar-refractivity contribution >= 4 is 22.5 Å². The highest BCUT2D eigenvalue weighted by atomic mass is 16.2. The van der Waals surface area contributed by atoms with E-state index in [1.54, 1.807) is 0 Å². The first kappa shape index (κ1) is 17.7. The first-order chi connectivity index (χ1) is 13.0. The van der Waals surface area contributed by atoms with Gasteiger partial charge < -0.3 is 9.88 Å². The Morgan fingerprint density at radius 1 is 1.22 bits per heavy atom. The van der Waals surface area contributed by atoms with Gasteiger partial charge >= 0.3 is 0 Å². The van der Waals surface area contributed by atoms with Crippen LogP contribution in [0.25, 0.3) is 22.0 Å². The number of anilines is 1. The van der Waals surface area contributed by atoms with Crippen molar-refractivity contribution < 1.29 is 4.79 Å². The molecule has 1 aliphatic rings. The zero-order valence-corrected chi connectivity index (χ0v) is 16.1. The van der Waals surface area contributed by atoms with Gasteiger partial charge in [0.1, 0.15) is 11.6 Å². The van der Waals surface area contributed by atoms with Crippen molar-refractivity contribution in [2.75, 3.05) is 18.4 Å². The molecular formula is C21H25N5O. The minimum Gasteiger partial charge on any atom is -0.331 e. The Labute approximate surface area is 159 Å². The first-order valence-electron chi connectivity index (χ1n) is 9.43. The van der Waals surface area contributed by atoms with E-state index in [4.69, 9.17) is 0 Å². The van der Waals surface area contributed by atoms with Crippen LogP contribution in [0.3, 0.4) is 0 Å². The molecule has 0 radical (unpaired) electrons. The summed E-state index contributed by atoms with van der Waals surface area (Å²) in [5, 5.41) is 5.04. The van der Waals surface area contributed by atoms with Crippen LogP contribution in [0.1, 0.15) is 25.6 Å². The molecule has 3 heterocycles. The van der Waals surface area contributed by atoms with Crippen molar-refractivity contribution in [2.24, 2.45) is 7.05 Å². The topological polar surface area (TPSA) is 63.1 Å². The number of amides is 1. The molecule has 1 amide bonds. The number of aryl methyl sites for hydroxylation is 1. The lowest BCUT2D eigenvalue weighted by Gasteiger charge is -2.19. The second-order valence-electron chi connectivity index (χ2n) is 7.39. The van der Waals surface area contributed by atoms with Crippen LogP contribution in [-0.4, -0.2) is 44.5 Å². The van der Waals surface area contributed by atoms with Crippen LogP contribution in [0.15, 0.2) is 36.7 Å². The number of pyridine rings is 1. The Bertz CT molecular complexity index is 993. The Hall–Kier alpha value is -2.73. The maximum atomic E-state index is 12.4. The average molecular weight is 363 g/mol. The third-order valence-electron chi connectivity index (χ3n) is 5.54. The fraction of sp³-hybridized carbons (Fsp3) is 0.381. The van der Waals surface area contributed by atoms with Crippen LogP contribution in [0.5, 0.6) is 0 Å². The smallest absolute Gasteiger partial charge is 0.239 e. The summed E-state index contributed by atoms with van der Waals surface area (Å²) < 4.78 is 2.07. The molecular weight excluding hydrogens is 338 g/mol. The number of carbonyl (C=O) groups excluding carboxylic acids is 1. The zero-order valence-electron chi connectivity index (χ0n) is 16.1.